The Morgan fingerprint density at radius 3 is 2.64 bits per heavy atom. The second kappa shape index (κ2) is 7.12. The van der Waals surface area contributed by atoms with E-state index in [1.807, 2.05) is 18.2 Å². The van der Waals surface area contributed by atoms with Gasteiger partial charge in [0.05, 0.1) is 24.2 Å². The first kappa shape index (κ1) is 16.6. The molecule has 0 saturated heterocycles. The maximum atomic E-state index is 11.9. The Labute approximate surface area is 144 Å². The lowest BCUT2D eigenvalue weighted by Crippen LogP contribution is -2.06. The number of nitrogens with zero attached hydrogens (tertiary/aromatic N) is 2. The van der Waals surface area contributed by atoms with Crippen LogP contribution in [0.4, 0.5) is 5.69 Å². The summed E-state index contributed by atoms with van der Waals surface area (Å²) in [5, 5.41) is 14.6. The van der Waals surface area contributed by atoms with E-state index in [-0.39, 0.29) is 12.1 Å². The molecule has 2 aromatic carbocycles. The van der Waals surface area contributed by atoms with Gasteiger partial charge in [-0.15, -0.1) is 0 Å². The van der Waals surface area contributed by atoms with Crippen molar-refractivity contribution >= 4 is 17.4 Å². The summed E-state index contributed by atoms with van der Waals surface area (Å²) in [6.07, 6.45) is 1.53. The van der Waals surface area contributed by atoms with E-state index in [0.29, 0.717) is 12.0 Å². The van der Waals surface area contributed by atoms with E-state index in [2.05, 4.69) is 5.16 Å². The summed E-state index contributed by atoms with van der Waals surface area (Å²) in [5.74, 6) is 0.276. The van der Waals surface area contributed by atoms with Gasteiger partial charge in [-0.1, -0.05) is 17.3 Å². The maximum absolute atomic E-state index is 11.9. The SMILES string of the molecule is COc1ccc2c(c1)CC/C2=N/OC(=O)Cc1ccc([N+](=O)[O-])cc1. The Hall–Kier alpha value is -3.22. The van der Waals surface area contributed by atoms with Crippen LogP contribution in [0.15, 0.2) is 47.6 Å². The zero-order valence-electron chi connectivity index (χ0n) is 13.6. The molecule has 0 saturated carbocycles. The number of nitro groups is 1. The van der Waals surface area contributed by atoms with E-state index in [0.717, 1.165) is 29.0 Å². The zero-order chi connectivity index (χ0) is 17.8. The van der Waals surface area contributed by atoms with E-state index >= 15 is 0 Å². The molecule has 25 heavy (non-hydrogen) atoms. The molecule has 0 N–H and O–H groups in total. The summed E-state index contributed by atoms with van der Waals surface area (Å²) in [7, 11) is 1.62. The fourth-order valence-corrected chi connectivity index (χ4v) is 2.71. The largest absolute Gasteiger partial charge is 0.497 e. The standard InChI is InChI=1S/C18H16N2O5/c1-24-15-7-8-16-13(11-15)4-9-17(16)19-25-18(21)10-12-2-5-14(6-3-12)20(22)23/h2-3,5-8,11H,4,9-10H2,1H3/b19-17-. The van der Waals surface area contributed by atoms with Gasteiger partial charge in [0.15, 0.2) is 0 Å². The quantitative estimate of drug-likeness (QED) is 0.474. The second-order valence-corrected chi connectivity index (χ2v) is 5.62. The number of hydrogen-bond acceptors (Lipinski definition) is 6. The third-order valence-corrected chi connectivity index (χ3v) is 4.01. The molecule has 7 heteroatoms. The molecule has 0 bridgehead atoms. The van der Waals surface area contributed by atoms with E-state index in [1.54, 1.807) is 7.11 Å². The van der Waals surface area contributed by atoms with Crippen molar-refractivity contribution in [3.63, 3.8) is 0 Å². The highest BCUT2D eigenvalue weighted by Gasteiger charge is 2.19. The van der Waals surface area contributed by atoms with Gasteiger partial charge in [0.2, 0.25) is 0 Å². The molecular weight excluding hydrogens is 324 g/mol. The highest BCUT2D eigenvalue weighted by Crippen LogP contribution is 2.26. The normalized spacial score (nSPS) is 14.2. The molecule has 1 aliphatic carbocycles. The lowest BCUT2D eigenvalue weighted by molar-refractivity contribution is -0.384. The van der Waals surface area contributed by atoms with Crippen molar-refractivity contribution in [2.24, 2.45) is 5.16 Å². The van der Waals surface area contributed by atoms with Crippen LogP contribution in [0.5, 0.6) is 5.75 Å². The first-order valence-electron chi connectivity index (χ1n) is 7.74. The summed E-state index contributed by atoms with van der Waals surface area (Å²) in [6.45, 7) is 0. The summed E-state index contributed by atoms with van der Waals surface area (Å²) in [6, 6.07) is 11.5. The number of benzene rings is 2. The Morgan fingerprint density at radius 2 is 1.96 bits per heavy atom. The summed E-state index contributed by atoms with van der Waals surface area (Å²) >= 11 is 0. The van der Waals surface area contributed by atoms with Gasteiger partial charge in [0.25, 0.3) is 5.69 Å². The van der Waals surface area contributed by atoms with Crippen molar-refractivity contribution in [1.29, 1.82) is 0 Å². The van der Waals surface area contributed by atoms with Crippen molar-refractivity contribution in [2.45, 2.75) is 19.3 Å². The molecule has 0 aromatic heterocycles. The Morgan fingerprint density at radius 1 is 1.20 bits per heavy atom. The lowest BCUT2D eigenvalue weighted by atomic mass is 10.1. The topological polar surface area (TPSA) is 91.0 Å². The van der Waals surface area contributed by atoms with Crippen molar-refractivity contribution in [2.75, 3.05) is 7.11 Å². The minimum Gasteiger partial charge on any atom is -0.497 e. The van der Waals surface area contributed by atoms with Crippen LogP contribution in [-0.4, -0.2) is 23.7 Å². The molecule has 2 aromatic rings. The molecule has 0 radical (unpaired) electrons. The molecule has 0 fully saturated rings. The van der Waals surface area contributed by atoms with Gasteiger partial charge in [0.1, 0.15) is 5.75 Å². The van der Waals surface area contributed by atoms with E-state index in [1.165, 1.54) is 24.3 Å². The average Bonchev–Trinajstić information content (AvgIpc) is 3.02. The summed E-state index contributed by atoms with van der Waals surface area (Å²) in [5.41, 5.74) is 3.42. The Bertz CT molecular complexity index is 843. The summed E-state index contributed by atoms with van der Waals surface area (Å²) in [4.78, 5) is 27.0. The van der Waals surface area contributed by atoms with Gasteiger partial charge in [-0.25, -0.2) is 4.79 Å². The minimum absolute atomic E-state index is 0.00421. The molecular formula is C18H16N2O5. The first-order chi connectivity index (χ1) is 12.1. The van der Waals surface area contributed by atoms with Crippen molar-refractivity contribution < 1.29 is 19.3 Å². The van der Waals surface area contributed by atoms with E-state index < -0.39 is 10.9 Å². The smallest absolute Gasteiger partial charge is 0.339 e. The highest BCUT2D eigenvalue weighted by molar-refractivity contribution is 6.04. The number of ether oxygens (including phenoxy) is 1. The third kappa shape index (κ3) is 3.82. The van der Waals surface area contributed by atoms with Crippen molar-refractivity contribution in [3.8, 4) is 5.75 Å². The van der Waals surface area contributed by atoms with Crippen LogP contribution >= 0.6 is 0 Å². The third-order valence-electron chi connectivity index (χ3n) is 4.01. The van der Waals surface area contributed by atoms with Gasteiger partial charge in [0, 0.05) is 17.7 Å². The molecule has 1 aliphatic rings. The van der Waals surface area contributed by atoms with Crippen LogP contribution in [0.1, 0.15) is 23.1 Å². The molecule has 0 spiro atoms. The van der Waals surface area contributed by atoms with Crippen LogP contribution in [0.2, 0.25) is 0 Å². The number of non-ortho nitro benzene ring substituents is 1. The predicted octanol–water partition coefficient (Wildman–Crippen LogP) is 3.04. The van der Waals surface area contributed by atoms with Crippen molar-refractivity contribution in [1.82, 2.24) is 0 Å². The van der Waals surface area contributed by atoms with Crippen LogP contribution in [0.25, 0.3) is 0 Å². The minimum atomic E-state index is -0.511. The van der Waals surface area contributed by atoms with Crippen LogP contribution in [-0.2, 0) is 22.5 Å². The monoisotopic (exact) mass is 340 g/mol. The van der Waals surface area contributed by atoms with Crippen LogP contribution in [0.3, 0.4) is 0 Å². The number of hydrogen-bond donors (Lipinski definition) is 0. The number of fused-ring (bicyclic) bond motifs is 1. The fraction of sp³-hybridized carbons (Fsp3) is 0.222. The number of rotatable bonds is 5. The number of oxime groups is 1. The van der Waals surface area contributed by atoms with Crippen LogP contribution < -0.4 is 4.74 Å². The first-order valence-corrected chi connectivity index (χ1v) is 7.74. The van der Waals surface area contributed by atoms with Gasteiger partial charge in [-0.3, -0.25) is 10.1 Å². The predicted molar refractivity (Wildman–Crippen MR) is 90.7 cm³/mol. The maximum Gasteiger partial charge on any atom is 0.339 e. The van der Waals surface area contributed by atoms with Gasteiger partial charge in [-0.2, -0.15) is 0 Å². The summed E-state index contributed by atoms with van der Waals surface area (Å²) < 4.78 is 5.20. The highest BCUT2D eigenvalue weighted by atomic mass is 16.7. The average molecular weight is 340 g/mol. The van der Waals surface area contributed by atoms with Crippen LogP contribution in [0, 0.1) is 10.1 Å². The molecule has 0 unspecified atom stereocenters. The Balaban J connectivity index is 1.63. The number of carbonyl (C=O) groups is 1. The molecule has 3 rings (SSSR count). The Kier molecular flexibility index (Phi) is 4.74. The van der Waals surface area contributed by atoms with E-state index in [4.69, 9.17) is 9.57 Å². The van der Waals surface area contributed by atoms with Gasteiger partial charge in [-0.05, 0) is 42.2 Å². The number of aryl methyl sites for hydroxylation is 1. The molecule has 7 nitrogen and oxygen atoms in total. The van der Waals surface area contributed by atoms with Gasteiger partial charge < -0.3 is 9.57 Å². The molecule has 0 amide bonds. The lowest BCUT2D eigenvalue weighted by Gasteiger charge is -2.04. The fourth-order valence-electron chi connectivity index (χ4n) is 2.71. The molecule has 0 atom stereocenters. The molecule has 128 valence electrons. The van der Waals surface area contributed by atoms with Gasteiger partial charge >= 0.3 is 5.97 Å². The molecule has 0 heterocycles. The van der Waals surface area contributed by atoms with Crippen molar-refractivity contribution in [3.05, 3.63) is 69.3 Å². The number of nitro benzene ring substituents is 1. The number of carbonyl (C=O) groups excluding carboxylic acids is 1. The number of methoxy groups -OCH3 is 1. The second-order valence-electron chi connectivity index (χ2n) is 5.62. The molecule has 0 aliphatic heterocycles. The zero-order valence-corrected chi connectivity index (χ0v) is 13.6. The van der Waals surface area contributed by atoms with E-state index in [9.17, 15) is 14.9 Å².